The highest BCUT2D eigenvalue weighted by molar-refractivity contribution is 7.88. The number of fused-ring (bicyclic) bond motifs is 1. The Morgan fingerprint density at radius 2 is 1.88 bits per heavy atom. The Bertz CT molecular complexity index is 664. The molecule has 2 aliphatic rings. The van der Waals surface area contributed by atoms with Gasteiger partial charge < -0.3 is 10.6 Å². The van der Waals surface area contributed by atoms with Gasteiger partial charge in [0.25, 0.3) is 0 Å². The number of benzene rings is 1. The zero-order chi connectivity index (χ0) is 16.4. The van der Waals surface area contributed by atoms with E-state index < -0.39 is 10.0 Å². The Hall–Kier alpha value is -1.15. The number of nitrogens with one attached hydrogen (secondary N) is 2. The second kappa shape index (κ2) is 7.82. The van der Waals surface area contributed by atoms with E-state index in [4.69, 9.17) is 5.14 Å². The zero-order valence-electron chi connectivity index (χ0n) is 13.4. The van der Waals surface area contributed by atoms with Gasteiger partial charge in [-0.15, -0.1) is 12.4 Å². The van der Waals surface area contributed by atoms with E-state index in [9.17, 15) is 13.2 Å². The number of primary sulfonamides is 1. The van der Waals surface area contributed by atoms with Gasteiger partial charge in [-0.3, -0.25) is 4.79 Å². The number of hydrogen-bond acceptors (Lipinski definition) is 4. The maximum atomic E-state index is 12.4. The van der Waals surface area contributed by atoms with Crippen molar-refractivity contribution in [1.29, 1.82) is 0 Å². The molecule has 3 atom stereocenters. The predicted molar refractivity (Wildman–Crippen MR) is 96.4 cm³/mol. The third kappa shape index (κ3) is 4.92. The Labute approximate surface area is 149 Å². The second-order valence-corrected chi connectivity index (χ2v) is 8.21. The van der Waals surface area contributed by atoms with Crippen molar-refractivity contribution in [3.63, 3.8) is 0 Å². The molecule has 1 heterocycles. The van der Waals surface area contributed by atoms with Gasteiger partial charge in [0.05, 0.1) is 11.8 Å². The summed E-state index contributed by atoms with van der Waals surface area (Å²) in [7, 11) is -3.54. The van der Waals surface area contributed by atoms with Crippen LogP contribution in [0, 0.1) is 5.92 Å². The normalized spacial score (nSPS) is 26.3. The second-order valence-electron chi connectivity index (χ2n) is 6.60. The maximum absolute atomic E-state index is 12.4. The van der Waals surface area contributed by atoms with Crippen LogP contribution in [0.5, 0.6) is 0 Å². The number of carbonyl (C=O) groups excluding carboxylic acids is 1. The number of halogens is 1. The minimum atomic E-state index is -3.54. The van der Waals surface area contributed by atoms with Crippen molar-refractivity contribution in [2.75, 3.05) is 5.32 Å². The first-order valence-corrected chi connectivity index (χ1v) is 9.78. The van der Waals surface area contributed by atoms with Crippen molar-refractivity contribution in [1.82, 2.24) is 5.32 Å². The molecule has 2 fully saturated rings. The largest absolute Gasteiger partial charge is 0.325 e. The summed E-state index contributed by atoms with van der Waals surface area (Å²) in [5, 5.41) is 11.4. The van der Waals surface area contributed by atoms with Gasteiger partial charge in [-0.2, -0.15) is 0 Å². The number of sulfonamides is 1. The molecule has 0 bridgehead atoms. The molecule has 0 radical (unpaired) electrons. The number of carbonyl (C=O) groups is 1. The summed E-state index contributed by atoms with van der Waals surface area (Å²) in [6.45, 7) is 0. The molecule has 24 heavy (non-hydrogen) atoms. The van der Waals surface area contributed by atoms with Crippen molar-refractivity contribution in [3.8, 4) is 0 Å². The Balaban J connectivity index is 0.00000208. The summed E-state index contributed by atoms with van der Waals surface area (Å²) in [5.41, 5.74) is 1.28. The lowest BCUT2D eigenvalue weighted by molar-refractivity contribution is -0.117. The van der Waals surface area contributed by atoms with Crippen LogP contribution in [-0.4, -0.2) is 26.4 Å². The van der Waals surface area contributed by atoms with Crippen molar-refractivity contribution in [2.24, 2.45) is 11.1 Å². The lowest BCUT2D eigenvalue weighted by atomic mass is 9.85. The van der Waals surface area contributed by atoms with Gasteiger partial charge in [-0.05, 0) is 42.9 Å². The van der Waals surface area contributed by atoms with Gasteiger partial charge in [0.2, 0.25) is 15.9 Å². The number of nitrogens with two attached hydrogens (primary N) is 1. The Morgan fingerprint density at radius 3 is 2.50 bits per heavy atom. The molecule has 8 heteroatoms. The predicted octanol–water partition coefficient (Wildman–Crippen LogP) is 1.76. The van der Waals surface area contributed by atoms with Crippen molar-refractivity contribution in [2.45, 2.75) is 49.9 Å². The van der Waals surface area contributed by atoms with Crippen molar-refractivity contribution >= 4 is 34.0 Å². The van der Waals surface area contributed by atoms with Gasteiger partial charge in [-0.25, -0.2) is 13.6 Å². The number of anilines is 1. The third-order valence-corrected chi connectivity index (χ3v) is 5.50. The maximum Gasteiger partial charge on any atom is 0.241 e. The first-order valence-electron chi connectivity index (χ1n) is 8.07. The molecule has 134 valence electrons. The molecule has 1 saturated heterocycles. The van der Waals surface area contributed by atoms with Gasteiger partial charge in [0, 0.05) is 11.7 Å². The molecular formula is C16H24ClN3O3S. The summed E-state index contributed by atoms with van der Waals surface area (Å²) in [5.74, 6) is 0.407. The monoisotopic (exact) mass is 373 g/mol. The first-order chi connectivity index (χ1) is 10.9. The fourth-order valence-corrected chi connectivity index (χ4v) is 4.32. The Kier molecular flexibility index (Phi) is 6.25. The molecule has 1 aliphatic carbocycles. The molecule has 1 aromatic rings. The summed E-state index contributed by atoms with van der Waals surface area (Å²) < 4.78 is 22.1. The van der Waals surface area contributed by atoms with E-state index in [2.05, 4.69) is 10.6 Å². The molecule has 4 N–H and O–H groups in total. The summed E-state index contributed by atoms with van der Waals surface area (Å²) in [6.07, 6.45) is 5.79. The van der Waals surface area contributed by atoms with E-state index in [-0.39, 0.29) is 30.1 Å². The van der Waals surface area contributed by atoms with E-state index in [0.29, 0.717) is 23.2 Å². The van der Waals surface area contributed by atoms with Crippen LogP contribution in [0.25, 0.3) is 0 Å². The molecule has 6 nitrogen and oxygen atoms in total. The lowest BCUT2D eigenvalue weighted by Gasteiger charge is -2.24. The molecule has 1 aliphatic heterocycles. The fourth-order valence-electron chi connectivity index (χ4n) is 3.67. The average Bonchev–Trinajstić information content (AvgIpc) is 2.92. The van der Waals surface area contributed by atoms with Crippen LogP contribution in [0.1, 0.15) is 37.7 Å². The molecule has 3 unspecified atom stereocenters. The van der Waals surface area contributed by atoms with Gasteiger partial charge in [0.1, 0.15) is 0 Å². The van der Waals surface area contributed by atoms with Crippen LogP contribution in [0.3, 0.4) is 0 Å². The SMILES string of the molecule is Cl.NS(=O)(=O)Cc1ccc(NC(=O)C2CC3CCCCC3N2)cc1. The van der Waals surface area contributed by atoms with E-state index in [0.717, 1.165) is 12.8 Å². The van der Waals surface area contributed by atoms with Crippen LogP contribution in [-0.2, 0) is 20.6 Å². The van der Waals surface area contributed by atoms with Crippen LogP contribution in [0.2, 0.25) is 0 Å². The van der Waals surface area contributed by atoms with Gasteiger partial charge in [0.15, 0.2) is 0 Å². The standard InChI is InChI=1S/C16H23N3O3S.ClH/c17-23(21,22)10-11-5-7-13(8-6-11)18-16(20)15-9-12-3-1-2-4-14(12)19-15;/h5-8,12,14-15,19H,1-4,9-10H2,(H,18,20)(H2,17,21,22);1H. The average molecular weight is 374 g/mol. The van der Waals surface area contributed by atoms with Crippen LogP contribution >= 0.6 is 12.4 Å². The molecule has 0 aromatic heterocycles. The summed E-state index contributed by atoms with van der Waals surface area (Å²) in [6, 6.07) is 7.11. The Morgan fingerprint density at radius 1 is 1.21 bits per heavy atom. The number of hydrogen-bond donors (Lipinski definition) is 3. The molecule has 1 saturated carbocycles. The molecule has 1 amide bonds. The number of rotatable bonds is 4. The molecule has 0 spiro atoms. The van der Waals surface area contributed by atoms with Crippen molar-refractivity contribution in [3.05, 3.63) is 29.8 Å². The quantitative estimate of drug-likeness (QED) is 0.748. The zero-order valence-corrected chi connectivity index (χ0v) is 15.0. The van der Waals surface area contributed by atoms with E-state index >= 15 is 0 Å². The van der Waals surface area contributed by atoms with Crippen LogP contribution in [0.4, 0.5) is 5.69 Å². The minimum Gasteiger partial charge on any atom is -0.325 e. The number of amides is 1. The first kappa shape index (κ1) is 19.2. The van der Waals surface area contributed by atoms with Crippen LogP contribution < -0.4 is 15.8 Å². The van der Waals surface area contributed by atoms with Crippen molar-refractivity contribution < 1.29 is 13.2 Å². The highest BCUT2D eigenvalue weighted by Crippen LogP contribution is 2.33. The van der Waals surface area contributed by atoms with Crippen LogP contribution in [0.15, 0.2) is 24.3 Å². The third-order valence-electron chi connectivity index (χ3n) is 4.77. The van der Waals surface area contributed by atoms with Gasteiger partial charge >= 0.3 is 0 Å². The van der Waals surface area contributed by atoms with E-state index in [1.807, 2.05) is 0 Å². The highest BCUT2D eigenvalue weighted by atomic mass is 35.5. The molecular weight excluding hydrogens is 350 g/mol. The molecule has 1 aromatic carbocycles. The minimum absolute atomic E-state index is 0. The van der Waals surface area contributed by atoms with Gasteiger partial charge in [-0.1, -0.05) is 25.0 Å². The topological polar surface area (TPSA) is 101 Å². The van der Waals surface area contributed by atoms with E-state index in [1.54, 1.807) is 24.3 Å². The summed E-state index contributed by atoms with van der Waals surface area (Å²) in [4.78, 5) is 12.4. The fraction of sp³-hybridized carbons (Fsp3) is 0.562. The highest BCUT2D eigenvalue weighted by Gasteiger charge is 2.38. The lowest BCUT2D eigenvalue weighted by Crippen LogP contribution is -2.39. The summed E-state index contributed by atoms with van der Waals surface area (Å²) >= 11 is 0. The van der Waals surface area contributed by atoms with E-state index in [1.165, 1.54) is 19.3 Å². The molecule has 3 rings (SSSR count). The smallest absolute Gasteiger partial charge is 0.241 e.